The summed E-state index contributed by atoms with van der Waals surface area (Å²) in [4.78, 5) is 18.4. The molecule has 2 aromatic rings. The van der Waals surface area contributed by atoms with Crippen molar-refractivity contribution in [2.75, 3.05) is 18.0 Å². The molecule has 1 fully saturated rings. The Morgan fingerprint density at radius 2 is 2.30 bits per heavy atom. The number of rotatable bonds is 3. The van der Waals surface area contributed by atoms with Crippen molar-refractivity contribution >= 4 is 17.1 Å². The number of carbonyl (C=O) groups excluding carboxylic acids is 1. The molecule has 20 heavy (non-hydrogen) atoms. The van der Waals surface area contributed by atoms with E-state index in [2.05, 4.69) is 4.98 Å². The number of alkyl halides is 1. The monoisotopic (exact) mass is 275 g/mol. The van der Waals surface area contributed by atoms with Crippen LogP contribution in [0.4, 0.5) is 10.1 Å². The number of halogens is 1. The first-order valence-corrected chi connectivity index (χ1v) is 6.96. The molecule has 0 N–H and O–H groups in total. The zero-order valence-electron chi connectivity index (χ0n) is 11.7. The van der Waals surface area contributed by atoms with Crippen LogP contribution in [-0.2, 0) is 0 Å². The number of Topliss-reactive ketones (excluding diaryl/α,β-unsaturated/α-hetero) is 1. The van der Waals surface area contributed by atoms with E-state index < -0.39 is 6.17 Å². The number of nitrogens with zero attached hydrogens (tertiary/aromatic N) is 3. The smallest absolute Gasteiger partial charge is 0.183 e. The van der Waals surface area contributed by atoms with Crippen LogP contribution in [0.2, 0.25) is 0 Å². The maximum Gasteiger partial charge on any atom is 0.183 e. The molecule has 0 amide bonds. The van der Waals surface area contributed by atoms with Crippen molar-refractivity contribution < 1.29 is 9.18 Å². The first-order chi connectivity index (χ1) is 9.56. The normalized spacial score (nSPS) is 19.2. The van der Waals surface area contributed by atoms with Crippen LogP contribution in [0.5, 0.6) is 0 Å². The van der Waals surface area contributed by atoms with Crippen molar-refractivity contribution in [1.29, 1.82) is 0 Å². The van der Waals surface area contributed by atoms with Crippen molar-refractivity contribution in [1.82, 2.24) is 9.38 Å². The zero-order valence-corrected chi connectivity index (χ0v) is 11.7. The zero-order chi connectivity index (χ0) is 14.3. The number of imidazole rings is 1. The number of aromatic nitrogens is 2. The van der Waals surface area contributed by atoms with Crippen LogP contribution in [0, 0.1) is 5.92 Å². The maximum absolute atomic E-state index is 13.3. The highest BCUT2D eigenvalue weighted by molar-refractivity contribution is 5.96. The lowest BCUT2D eigenvalue weighted by atomic mass is 10.1. The number of carbonyl (C=O) groups is 1. The Labute approximate surface area is 117 Å². The van der Waals surface area contributed by atoms with E-state index in [4.69, 9.17) is 0 Å². The van der Waals surface area contributed by atoms with Crippen LogP contribution in [0.25, 0.3) is 5.65 Å². The number of hydrogen-bond acceptors (Lipinski definition) is 3. The largest absolute Gasteiger partial charge is 0.368 e. The van der Waals surface area contributed by atoms with Crippen LogP contribution in [0.15, 0.2) is 24.5 Å². The standard InChI is InChI=1S/C15H18FN3O/c1-10(2)15(20)13-8-17-14-7-12(4-6-19(13)14)18-5-3-11(16)9-18/h4,6-8,10-11H,3,5,9H2,1-2H3/t11-/m0/s1. The fourth-order valence-corrected chi connectivity index (χ4v) is 2.60. The summed E-state index contributed by atoms with van der Waals surface area (Å²) in [5.74, 6) is 0.0238. The van der Waals surface area contributed by atoms with E-state index >= 15 is 0 Å². The van der Waals surface area contributed by atoms with Gasteiger partial charge in [-0.15, -0.1) is 0 Å². The molecular weight excluding hydrogens is 257 g/mol. The molecule has 1 aliphatic heterocycles. The van der Waals surface area contributed by atoms with Crippen molar-refractivity contribution in [2.24, 2.45) is 5.92 Å². The van der Waals surface area contributed by atoms with E-state index in [1.165, 1.54) is 0 Å². The molecule has 0 aromatic carbocycles. The van der Waals surface area contributed by atoms with E-state index in [0.717, 1.165) is 17.9 Å². The SMILES string of the molecule is CC(C)C(=O)c1cnc2cc(N3CC[C@H](F)C3)ccn12. The number of pyridine rings is 1. The van der Waals surface area contributed by atoms with Crippen LogP contribution in [-0.4, -0.2) is 34.4 Å². The fraction of sp³-hybridized carbons (Fsp3) is 0.467. The Balaban J connectivity index is 1.95. The van der Waals surface area contributed by atoms with Crippen molar-refractivity contribution in [3.8, 4) is 0 Å². The first-order valence-electron chi connectivity index (χ1n) is 6.96. The van der Waals surface area contributed by atoms with E-state index in [-0.39, 0.29) is 11.7 Å². The van der Waals surface area contributed by atoms with Gasteiger partial charge in [0.05, 0.1) is 6.20 Å². The summed E-state index contributed by atoms with van der Waals surface area (Å²) in [6.45, 7) is 4.92. The van der Waals surface area contributed by atoms with Gasteiger partial charge in [0.25, 0.3) is 0 Å². The van der Waals surface area contributed by atoms with Gasteiger partial charge in [0.1, 0.15) is 17.5 Å². The van der Waals surface area contributed by atoms with Gasteiger partial charge in [0.2, 0.25) is 0 Å². The Morgan fingerprint density at radius 3 is 2.95 bits per heavy atom. The lowest BCUT2D eigenvalue weighted by molar-refractivity contribution is 0.0933. The predicted molar refractivity (Wildman–Crippen MR) is 76.1 cm³/mol. The average molecular weight is 275 g/mol. The van der Waals surface area contributed by atoms with Crippen LogP contribution < -0.4 is 4.90 Å². The Kier molecular flexibility index (Phi) is 3.20. The van der Waals surface area contributed by atoms with Gasteiger partial charge < -0.3 is 4.90 Å². The fourth-order valence-electron chi connectivity index (χ4n) is 2.60. The molecule has 4 nitrogen and oxygen atoms in total. The molecule has 3 rings (SSSR count). The summed E-state index contributed by atoms with van der Waals surface area (Å²) >= 11 is 0. The number of hydrogen-bond donors (Lipinski definition) is 0. The average Bonchev–Trinajstić information content (AvgIpc) is 3.03. The molecule has 1 aliphatic rings. The Morgan fingerprint density at radius 1 is 1.50 bits per heavy atom. The second-order valence-electron chi connectivity index (χ2n) is 5.61. The van der Waals surface area contributed by atoms with Gasteiger partial charge in [-0.25, -0.2) is 9.37 Å². The summed E-state index contributed by atoms with van der Waals surface area (Å²) in [7, 11) is 0. The highest BCUT2D eigenvalue weighted by Gasteiger charge is 2.23. The molecule has 0 unspecified atom stereocenters. The van der Waals surface area contributed by atoms with E-state index in [0.29, 0.717) is 18.7 Å². The predicted octanol–water partition coefficient (Wildman–Crippen LogP) is 2.72. The Bertz CT molecular complexity index is 650. The van der Waals surface area contributed by atoms with Gasteiger partial charge in [-0.2, -0.15) is 0 Å². The number of anilines is 1. The van der Waals surface area contributed by atoms with Crippen molar-refractivity contribution in [2.45, 2.75) is 26.4 Å². The molecule has 3 heterocycles. The molecule has 0 saturated carbocycles. The quantitative estimate of drug-likeness (QED) is 0.808. The molecule has 0 spiro atoms. The second-order valence-corrected chi connectivity index (χ2v) is 5.61. The lowest BCUT2D eigenvalue weighted by Crippen LogP contribution is -2.20. The molecule has 0 radical (unpaired) electrons. The minimum atomic E-state index is -0.746. The molecule has 106 valence electrons. The van der Waals surface area contributed by atoms with Crippen LogP contribution in [0.1, 0.15) is 30.8 Å². The van der Waals surface area contributed by atoms with Gasteiger partial charge in [-0.3, -0.25) is 9.20 Å². The van der Waals surface area contributed by atoms with Crippen LogP contribution in [0.3, 0.4) is 0 Å². The van der Waals surface area contributed by atoms with Gasteiger partial charge in [-0.1, -0.05) is 13.8 Å². The molecule has 5 heteroatoms. The van der Waals surface area contributed by atoms with Gasteiger partial charge in [0.15, 0.2) is 5.78 Å². The molecule has 0 aliphatic carbocycles. The summed E-state index contributed by atoms with van der Waals surface area (Å²) < 4.78 is 15.1. The van der Waals surface area contributed by atoms with E-state index in [9.17, 15) is 9.18 Å². The highest BCUT2D eigenvalue weighted by atomic mass is 19.1. The lowest BCUT2D eigenvalue weighted by Gasteiger charge is -2.17. The molecule has 2 aromatic heterocycles. The third kappa shape index (κ3) is 2.17. The van der Waals surface area contributed by atoms with E-state index in [1.54, 1.807) is 10.6 Å². The van der Waals surface area contributed by atoms with Crippen LogP contribution >= 0.6 is 0 Å². The third-order valence-corrected chi connectivity index (χ3v) is 3.77. The highest BCUT2D eigenvalue weighted by Crippen LogP contribution is 2.23. The second kappa shape index (κ2) is 4.89. The third-order valence-electron chi connectivity index (χ3n) is 3.77. The minimum Gasteiger partial charge on any atom is -0.368 e. The molecule has 1 atom stereocenters. The van der Waals surface area contributed by atoms with Crippen molar-refractivity contribution in [3.63, 3.8) is 0 Å². The molecule has 0 bridgehead atoms. The minimum absolute atomic E-state index is 0.0551. The maximum atomic E-state index is 13.3. The first kappa shape index (κ1) is 13.1. The van der Waals surface area contributed by atoms with Gasteiger partial charge in [-0.05, 0) is 12.5 Å². The van der Waals surface area contributed by atoms with E-state index in [1.807, 2.05) is 37.1 Å². The number of fused-ring (bicyclic) bond motifs is 1. The summed E-state index contributed by atoms with van der Waals surface area (Å²) in [6, 6.07) is 3.83. The van der Waals surface area contributed by atoms with Crippen molar-refractivity contribution in [3.05, 3.63) is 30.2 Å². The molecule has 1 saturated heterocycles. The van der Waals surface area contributed by atoms with Gasteiger partial charge >= 0.3 is 0 Å². The summed E-state index contributed by atoms with van der Waals surface area (Å²) in [5, 5.41) is 0. The summed E-state index contributed by atoms with van der Waals surface area (Å²) in [6.07, 6.45) is 3.29. The number of ketones is 1. The summed E-state index contributed by atoms with van der Waals surface area (Å²) in [5.41, 5.74) is 2.30. The molecular formula is C15H18FN3O. The topological polar surface area (TPSA) is 37.6 Å². The van der Waals surface area contributed by atoms with Gasteiger partial charge in [0, 0.05) is 37.0 Å². The Hall–Kier alpha value is -1.91.